The van der Waals surface area contributed by atoms with Crippen LogP contribution in [0.25, 0.3) is 10.6 Å². The molecule has 0 bridgehead atoms. The molecule has 0 unspecified atom stereocenters. The Morgan fingerprint density at radius 1 is 1.07 bits per heavy atom. The first-order valence-electron chi connectivity index (χ1n) is 8.41. The second-order valence-electron chi connectivity index (χ2n) is 6.07. The summed E-state index contributed by atoms with van der Waals surface area (Å²) in [6, 6.07) is 14.3. The minimum absolute atomic E-state index is 0.121. The first kappa shape index (κ1) is 17.6. The number of rotatable bonds is 4. The predicted molar refractivity (Wildman–Crippen MR) is 106 cm³/mol. The van der Waals surface area contributed by atoms with Crippen molar-refractivity contribution in [2.24, 2.45) is 0 Å². The lowest BCUT2D eigenvalue weighted by Gasteiger charge is -2.15. The van der Waals surface area contributed by atoms with Crippen molar-refractivity contribution >= 4 is 45.6 Å². The molecule has 3 aromatic rings. The van der Waals surface area contributed by atoms with E-state index in [0.717, 1.165) is 24.2 Å². The summed E-state index contributed by atoms with van der Waals surface area (Å²) in [5.74, 6) is -0.149. The van der Waals surface area contributed by atoms with Gasteiger partial charge in [-0.2, -0.15) is 0 Å². The monoisotopic (exact) mass is 398 g/mol. The first-order chi connectivity index (χ1) is 13.1. The van der Waals surface area contributed by atoms with Crippen LogP contribution in [0.5, 0.6) is 0 Å². The molecule has 1 aromatic heterocycles. The van der Waals surface area contributed by atoms with E-state index in [1.165, 1.54) is 11.3 Å². The lowest BCUT2D eigenvalue weighted by Crippen LogP contribution is -2.23. The minimum atomic E-state index is -0.270. The molecule has 2 aromatic carbocycles. The average molecular weight is 399 g/mol. The van der Waals surface area contributed by atoms with E-state index in [1.807, 2.05) is 12.1 Å². The molecule has 1 saturated heterocycles. The summed E-state index contributed by atoms with van der Waals surface area (Å²) in [5.41, 5.74) is 2.20. The fraction of sp³-hybridized carbons (Fsp3) is 0.158. The van der Waals surface area contributed by atoms with Gasteiger partial charge in [0.05, 0.1) is 0 Å². The maximum Gasteiger partial charge on any atom is 0.257 e. The van der Waals surface area contributed by atoms with Crippen LogP contribution < -0.4 is 10.2 Å². The zero-order valence-corrected chi connectivity index (χ0v) is 15.8. The third-order valence-corrected chi connectivity index (χ3v) is 5.39. The molecule has 27 heavy (non-hydrogen) atoms. The molecule has 1 aliphatic rings. The summed E-state index contributed by atoms with van der Waals surface area (Å²) in [6.45, 7) is 0.725. The van der Waals surface area contributed by atoms with Gasteiger partial charge in [0.25, 0.3) is 5.91 Å². The van der Waals surface area contributed by atoms with Crippen LogP contribution in [-0.2, 0) is 4.79 Å². The lowest BCUT2D eigenvalue weighted by atomic mass is 10.2. The molecule has 1 fully saturated rings. The van der Waals surface area contributed by atoms with Gasteiger partial charge in [-0.3, -0.25) is 14.9 Å². The predicted octanol–water partition coefficient (Wildman–Crippen LogP) is 4.24. The van der Waals surface area contributed by atoms with Gasteiger partial charge in [0, 0.05) is 34.8 Å². The molecule has 0 radical (unpaired) electrons. The highest BCUT2D eigenvalue weighted by Gasteiger charge is 2.21. The van der Waals surface area contributed by atoms with E-state index in [2.05, 4.69) is 15.5 Å². The zero-order valence-electron chi connectivity index (χ0n) is 14.2. The van der Waals surface area contributed by atoms with Gasteiger partial charge in [0.2, 0.25) is 11.0 Å². The quantitative estimate of drug-likeness (QED) is 0.713. The Morgan fingerprint density at radius 2 is 1.81 bits per heavy atom. The lowest BCUT2D eigenvalue weighted by molar-refractivity contribution is -0.117. The van der Waals surface area contributed by atoms with Gasteiger partial charge in [-0.05, 0) is 42.8 Å². The van der Waals surface area contributed by atoms with Gasteiger partial charge < -0.3 is 4.90 Å². The number of benzene rings is 2. The first-order valence-corrected chi connectivity index (χ1v) is 9.61. The van der Waals surface area contributed by atoms with Gasteiger partial charge in [0.15, 0.2) is 0 Å². The number of hydrogen-bond acceptors (Lipinski definition) is 5. The van der Waals surface area contributed by atoms with E-state index >= 15 is 0 Å². The molecule has 0 spiro atoms. The molecule has 136 valence electrons. The number of anilines is 2. The second kappa shape index (κ2) is 7.46. The van der Waals surface area contributed by atoms with Crippen molar-refractivity contribution in [3.63, 3.8) is 0 Å². The van der Waals surface area contributed by atoms with E-state index in [9.17, 15) is 9.59 Å². The Balaban J connectivity index is 1.44. The third kappa shape index (κ3) is 3.84. The van der Waals surface area contributed by atoms with E-state index < -0.39 is 0 Å². The summed E-state index contributed by atoms with van der Waals surface area (Å²) in [7, 11) is 0. The Bertz CT molecular complexity index is 986. The highest BCUT2D eigenvalue weighted by molar-refractivity contribution is 7.18. The van der Waals surface area contributed by atoms with Gasteiger partial charge in [-0.25, -0.2) is 0 Å². The number of nitrogens with zero attached hydrogens (tertiary/aromatic N) is 3. The Labute approximate surface area is 164 Å². The number of halogens is 1. The highest BCUT2D eigenvalue weighted by Crippen LogP contribution is 2.28. The number of amides is 2. The van der Waals surface area contributed by atoms with Crippen molar-refractivity contribution in [2.45, 2.75) is 12.8 Å². The summed E-state index contributed by atoms with van der Waals surface area (Å²) >= 11 is 7.18. The molecule has 0 atom stereocenters. The maximum absolute atomic E-state index is 12.4. The molecule has 6 nitrogen and oxygen atoms in total. The second-order valence-corrected chi connectivity index (χ2v) is 7.48. The van der Waals surface area contributed by atoms with Crippen LogP contribution >= 0.6 is 22.9 Å². The standard InChI is InChI=1S/C19H15ClN4O2S/c20-14-7-3-13(4-8-14)18-22-23-19(27-18)21-17(26)12-5-9-15(10-6-12)24-11-1-2-16(24)25/h3-10H,1-2,11H2,(H,21,23,26). The summed E-state index contributed by atoms with van der Waals surface area (Å²) < 4.78 is 0. The number of carbonyl (C=O) groups is 2. The van der Waals surface area contributed by atoms with E-state index in [-0.39, 0.29) is 11.8 Å². The Morgan fingerprint density at radius 3 is 2.48 bits per heavy atom. The number of carbonyl (C=O) groups excluding carboxylic acids is 2. The molecule has 0 saturated carbocycles. The number of nitrogens with one attached hydrogen (secondary N) is 1. The fourth-order valence-corrected chi connectivity index (χ4v) is 3.74. The van der Waals surface area contributed by atoms with Crippen molar-refractivity contribution < 1.29 is 9.59 Å². The fourth-order valence-electron chi connectivity index (χ4n) is 2.87. The largest absolute Gasteiger partial charge is 0.312 e. The summed E-state index contributed by atoms with van der Waals surface area (Å²) in [6.07, 6.45) is 1.45. The van der Waals surface area contributed by atoms with Gasteiger partial charge in [-0.15, -0.1) is 10.2 Å². The number of hydrogen-bond donors (Lipinski definition) is 1. The summed E-state index contributed by atoms with van der Waals surface area (Å²) in [4.78, 5) is 26.0. The molecule has 4 rings (SSSR count). The SMILES string of the molecule is O=C(Nc1nnc(-c2ccc(Cl)cc2)s1)c1ccc(N2CCCC2=O)cc1. The van der Waals surface area contributed by atoms with Crippen molar-refractivity contribution in [2.75, 3.05) is 16.8 Å². The Kier molecular flexibility index (Phi) is 4.87. The molecule has 1 N–H and O–H groups in total. The van der Waals surface area contributed by atoms with Gasteiger partial charge in [-0.1, -0.05) is 35.1 Å². The van der Waals surface area contributed by atoms with Crippen molar-refractivity contribution in [3.8, 4) is 10.6 Å². The van der Waals surface area contributed by atoms with Crippen LogP contribution in [0.15, 0.2) is 48.5 Å². The van der Waals surface area contributed by atoms with Crippen LogP contribution in [0.4, 0.5) is 10.8 Å². The topological polar surface area (TPSA) is 75.2 Å². The molecular weight excluding hydrogens is 384 g/mol. The van der Waals surface area contributed by atoms with Crippen LogP contribution in [-0.4, -0.2) is 28.6 Å². The normalized spacial score (nSPS) is 13.8. The van der Waals surface area contributed by atoms with Crippen molar-refractivity contribution in [3.05, 3.63) is 59.1 Å². The highest BCUT2D eigenvalue weighted by atomic mass is 35.5. The van der Waals surface area contributed by atoms with Crippen molar-refractivity contribution in [1.29, 1.82) is 0 Å². The Hall–Kier alpha value is -2.77. The van der Waals surface area contributed by atoms with E-state index in [1.54, 1.807) is 41.3 Å². The molecule has 1 aliphatic heterocycles. The maximum atomic E-state index is 12.4. The minimum Gasteiger partial charge on any atom is -0.312 e. The van der Waals surface area contributed by atoms with Crippen molar-refractivity contribution in [1.82, 2.24) is 10.2 Å². The molecule has 8 heteroatoms. The molecular formula is C19H15ClN4O2S. The molecule has 2 amide bonds. The third-order valence-electron chi connectivity index (χ3n) is 4.25. The van der Waals surface area contributed by atoms with Gasteiger partial charge in [0.1, 0.15) is 5.01 Å². The van der Waals surface area contributed by atoms with Gasteiger partial charge >= 0.3 is 0 Å². The van der Waals surface area contributed by atoms with Crippen LogP contribution in [0.2, 0.25) is 5.02 Å². The molecule has 0 aliphatic carbocycles. The van der Waals surface area contributed by atoms with E-state index in [4.69, 9.17) is 11.6 Å². The van der Waals surface area contributed by atoms with Crippen LogP contribution in [0, 0.1) is 0 Å². The van der Waals surface area contributed by atoms with Crippen LogP contribution in [0.1, 0.15) is 23.2 Å². The zero-order chi connectivity index (χ0) is 18.8. The smallest absolute Gasteiger partial charge is 0.257 e. The molecule has 2 heterocycles. The average Bonchev–Trinajstić information content (AvgIpc) is 3.31. The summed E-state index contributed by atoms with van der Waals surface area (Å²) in [5, 5.41) is 12.7. The van der Waals surface area contributed by atoms with Crippen LogP contribution in [0.3, 0.4) is 0 Å². The number of aromatic nitrogens is 2. The van der Waals surface area contributed by atoms with E-state index in [0.29, 0.717) is 27.1 Å².